The molecule has 1 aromatic heterocycles. The van der Waals surface area contributed by atoms with Crippen LogP contribution in [0.5, 0.6) is 0 Å². The van der Waals surface area contributed by atoms with Crippen LogP contribution in [0.1, 0.15) is 49.5 Å². The molecule has 27 heavy (non-hydrogen) atoms. The SMILES string of the molecule is O=C(Cn1nc2n(c1=O)CCCCC2)N1CCCC1c1ccc(Cl)c(Cl)c1. The third-order valence-electron chi connectivity index (χ3n) is 5.47. The van der Waals surface area contributed by atoms with Crippen molar-refractivity contribution in [3.05, 3.63) is 50.1 Å². The average Bonchev–Trinajstić information content (AvgIpc) is 3.16. The van der Waals surface area contributed by atoms with E-state index in [0.717, 1.165) is 49.9 Å². The number of nitrogens with zero attached hydrogens (tertiary/aromatic N) is 4. The van der Waals surface area contributed by atoms with Crippen LogP contribution in [0.15, 0.2) is 23.0 Å². The van der Waals surface area contributed by atoms with Gasteiger partial charge in [0.25, 0.3) is 0 Å². The number of carbonyl (C=O) groups excluding carboxylic acids is 1. The maximum absolute atomic E-state index is 12.9. The van der Waals surface area contributed by atoms with E-state index in [2.05, 4.69) is 5.10 Å². The number of benzene rings is 1. The molecule has 144 valence electrons. The second-order valence-corrected chi connectivity index (χ2v) is 8.05. The second-order valence-electron chi connectivity index (χ2n) is 7.24. The Morgan fingerprint density at radius 3 is 2.78 bits per heavy atom. The van der Waals surface area contributed by atoms with Gasteiger partial charge in [-0.2, -0.15) is 5.10 Å². The van der Waals surface area contributed by atoms with Gasteiger partial charge in [-0.25, -0.2) is 9.48 Å². The van der Waals surface area contributed by atoms with Crippen molar-refractivity contribution in [3.63, 3.8) is 0 Å². The normalized spacial score (nSPS) is 19.8. The summed E-state index contributed by atoms with van der Waals surface area (Å²) < 4.78 is 3.05. The number of hydrogen-bond donors (Lipinski definition) is 0. The summed E-state index contributed by atoms with van der Waals surface area (Å²) in [5.74, 6) is 0.715. The summed E-state index contributed by atoms with van der Waals surface area (Å²) in [6.07, 6.45) is 5.73. The smallest absolute Gasteiger partial charge is 0.334 e. The van der Waals surface area contributed by atoms with E-state index in [0.29, 0.717) is 23.1 Å². The third kappa shape index (κ3) is 3.65. The van der Waals surface area contributed by atoms with Gasteiger partial charge in [-0.05, 0) is 43.4 Å². The molecule has 0 radical (unpaired) electrons. The Balaban J connectivity index is 1.54. The fourth-order valence-corrected chi connectivity index (χ4v) is 4.39. The van der Waals surface area contributed by atoms with Crippen LogP contribution in [-0.4, -0.2) is 31.7 Å². The zero-order valence-electron chi connectivity index (χ0n) is 15.0. The Hall–Kier alpha value is -1.79. The molecule has 1 aromatic carbocycles. The quantitative estimate of drug-likeness (QED) is 0.781. The highest BCUT2D eigenvalue weighted by Gasteiger charge is 2.31. The Morgan fingerprint density at radius 1 is 1.11 bits per heavy atom. The Morgan fingerprint density at radius 2 is 1.96 bits per heavy atom. The van der Waals surface area contributed by atoms with E-state index in [1.54, 1.807) is 10.6 Å². The van der Waals surface area contributed by atoms with Gasteiger partial charge in [-0.1, -0.05) is 35.7 Å². The molecule has 1 unspecified atom stereocenters. The van der Waals surface area contributed by atoms with Crippen molar-refractivity contribution in [3.8, 4) is 0 Å². The van der Waals surface area contributed by atoms with Gasteiger partial charge in [0.1, 0.15) is 12.4 Å². The number of aryl methyl sites for hydroxylation is 1. The Bertz CT molecular complexity index is 921. The van der Waals surface area contributed by atoms with Gasteiger partial charge in [0.2, 0.25) is 5.91 Å². The molecule has 1 atom stereocenters. The van der Waals surface area contributed by atoms with Gasteiger partial charge in [0, 0.05) is 19.5 Å². The van der Waals surface area contributed by atoms with E-state index in [1.807, 2.05) is 17.0 Å². The van der Waals surface area contributed by atoms with Crippen molar-refractivity contribution in [1.82, 2.24) is 19.2 Å². The minimum absolute atomic E-state index is 0.0172. The summed E-state index contributed by atoms with van der Waals surface area (Å²) in [5, 5.41) is 5.42. The lowest BCUT2D eigenvalue weighted by atomic mass is 10.0. The lowest BCUT2D eigenvalue weighted by molar-refractivity contribution is -0.133. The molecular weight excluding hydrogens is 387 g/mol. The molecule has 0 bridgehead atoms. The van der Waals surface area contributed by atoms with E-state index in [4.69, 9.17) is 23.2 Å². The molecule has 0 saturated carbocycles. The largest absolute Gasteiger partial charge is 0.346 e. The van der Waals surface area contributed by atoms with Crippen LogP contribution in [-0.2, 0) is 24.3 Å². The van der Waals surface area contributed by atoms with E-state index in [1.165, 1.54) is 4.68 Å². The van der Waals surface area contributed by atoms with E-state index < -0.39 is 0 Å². The molecule has 1 amide bonds. The number of rotatable bonds is 3. The number of hydrogen-bond acceptors (Lipinski definition) is 3. The highest BCUT2D eigenvalue weighted by atomic mass is 35.5. The third-order valence-corrected chi connectivity index (χ3v) is 6.21. The number of aromatic nitrogens is 3. The molecule has 3 heterocycles. The van der Waals surface area contributed by atoms with Crippen LogP contribution < -0.4 is 5.69 Å². The standard InChI is InChI=1S/C19H22Cl2N4O2/c20-14-8-7-13(11-15(14)21)16-5-4-10-23(16)18(26)12-25-19(27)24-9-3-1-2-6-17(24)22-25/h7-8,11,16H,1-6,9-10,12H2. The monoisotopic (exact) mass is 408 g/mol. The first-order chi connectivity index (χ1) is 13.0. The number of carbonyl (C=O) groups is 1. The number of fused-ring (bicyclic) bond motifs is 1. The maximum Gasteiger partial charge on any atom is 0.346 e. The van der Waals surface area contributed by atoms with Crippen molar-refractivity contribution in [1.29, 1.82) is 0 Å². The first-order valence-corrected chi connectivity index (χ1v) is 10.2. The summed E-state index contributed by atoms with van der Waals surface area (Å²) in [7, 11) is 0. The predicted molar refractivity (Wildman–Crippen MR) is 104 cm³/mol. The fraction of sp³-hybridized carbons (Fsp3) is 0.526. The summed E-state index contributed by atoms with van der Waals surface area (Å²) in [5.41, 5.74) is 0.800. The summed E-state index contributed by atoms with van der Waals surface area (Å²) in [4.78, 5) is 27.4. The van der Waals surface area contributed by atoms with Crippen LogP contribution in [0, 0.1) is 0 Å². The lowest BCUT2D eigenvalue weighted by Crippen LogP contribution is -2.37. The minimum Gasteiger partial charge on any atom is -0.334 e. The van der Waals surface area contributed by atoms with Gasteiger partial charge < -0.3 is 4.90 Å². The molecule has 8 heteroatoms. The zero-order chi connectivity index (χ0) is 19.0. The van der Waals surface area contributed by atoms with Crippen LogP contribution in [0.25, 0.3) is 0 Å². The number of halogens is 2. The van der Waals surface area contributed by atoms with Crippen LogP contribution in [0.3, 0.4) is 0 Å². The summed E-state index contributed by atoms with van der Waals surface area (Å²) in [6.45, 7) is 1.35. The molecule has 0 N–H and O–H groups in total. The molecule has 4 rings (SSSR count). The highest BCUT2D eigenvalue weighted by molar-refractivity contribution is 6.42. The number of likely N-dealkylation sites (tertiary alicyclic amines) is 1. The average molecular weight is 409 g/mol. The minimum atomic E-state index is -0.175. The van der Waals surface area contributed by atoms with E-state index >= 15 is 0 Å². The summed E-state index contributed by atoms with van der Waals surface area (Å²) >= 11 is 12.2. The van der Waals surface area contributed by atoms with Gasteiger partial charge in [-0.15, -0.1) is 0 Å². The van der Waals surface area contributed by atoms with Crippen LogP contribution in [0.4, 0.5) is 0 Å². The van der Waals surface area contributed by atoms with Gasteiger partial charge in [0.05, 0.1) is 16.1 Å². The van der Waals surface area contributed by atoms with E-state index in [9.17, 15) is 9.59 Å². The van der Waals surface area contributed by atoms with Crippen molar-refractivity contribution in [2.75, 3.05) is 6.54 Å². The maximum atomic E-state index is 12.9. The van der Waals surface area contributed by atoms with Gasteiger partial charge >= 0.3 is 5.69 Å². The van der Waals surface area contributed by atoms with E-state index in [-0.39, 0.29) is 24.2 Å². The highest BCUT2D eigenvalue weighted by Crippen LogP contribution is 2.35. The van der Waals surface area contributed by atoms with Crippen molar-refractivity contribution < 1.29 is 4.79 Å². The lowest BCUT2D eigenvalue weighted by Gasteiger charge is -2.25. The molecule has 1 saturated heterocycles. The zero-order valence-corrected chi connectivity index (χ0v) is 16.5. The molecule has 6 nitrogen and oxygen atoms in total. The fourth-order valence-electron chi connectivity index (χ4n) is 4.08. The predicted octanol–water partition coefficient (Wildman–Crippen LogP) is 3.44. The number of amides is 1. The van der Waals surface area contributed by atoms with Crippen molar-refractivity contribution in [2.45, 2.75) is 57.7 Å². The molecule has 1 fully saturated rings. The molecule has 0 aliphatic carbocycles. The first-order valence-electron chi connectivity index (χ1n) is 9.45. The molecule has 2 aromatic rings. The van der Waals surface area contributed by atoms with Crippen LogP contribution >= 0.6 is 23.2 Å². The second kappa shape index (κ2) is 7.68. The molecular formula is C19H22Cl2N4O2. The Labute approximate surface area is 167 Å². The van der Waals surface area contributed by atoms with Gasteiger partial charge in [0.15, 0.2) is 0 Å². The topological polar surface area (TPSA) is 60.1 Å². The van der Waals surface area contributed by atoms with Crippen molar-refractivity contribution in [2.24, 2.45) is 0 Å². The molecule has 2 aliphatic heterocycles. The Kier molecular flexibility index (Phi) is 5.28. The van der Waals surface area contributed by atoms with Crippen LogP contribution in [0.2, 0.25) is 10.0 Å². The molecule has 2 aliphatic rings. The first kappa shape index (κ1) is 18.6. The molecule has 0 spiro atoms. The van der Waals surface area contributed by atoms with Crippen molar-refractivity contribution >= 4 is 29.1 Å². The van der Waals surface area contributed by atoms with Gasteiger partial charge in [-0.3, -0.25) is 9.36 Å². The summed E-state index contributed by atoms with van der Waals surface area (Å²) in [6, 6.07) is 5.46.